The van der Waals surface area contributed by atoms with Crippen LogP contribution < -0.4 is 10.6 Å². The zero-order valence-electron chi connectivity index (χ0n) is 15.2. The molecule has 2 rings (SSSR count). The van der Waals surface area contributed by atoms with Crippen LogP contribution in [-0.2, 0) is 4.74 Å². The third kappa shape index (κ3) is 5.15. The summed E-state index contributed by atoms with van der Waals surface area (Å²) in [5.41, 5.74) is 4.65. The lowest BCUT2D eigenvalue weighted by Gasteiger charge is -2.22. The maximum atomic E-state index is 11.9. The molecule has 1 fully saturated rings. The molecule has 23 heavy (non-hydrogen) atoms. The molecule has 4 heteroatoms. The van der Waals surface area contributed by atoms with E-state index in [1.165, 1.54) is 22.4 Å². The highest BCUT2D eigenvalue weighted by Gasteiger charge is 2.28. The molecule has 0 aliphatic heterocycles. The first-order chi connectivity index (χ1) is 10.6. The summed E-state index contributed by atoms with van der Waals surface area (Å²) in [4.78, 5) is 11.9. The SMILES string of the molecule is Cc1cc(C)c(NC2CCC(NC(=O)OC(C)(C)C)C2)c(C)c1. The van der Waals surface area contributed by atoms with Crippen molar-refractivity contribution in [3.05, 3.63) is 28.8 Å². The van der Waals surface area contributed by atoms with Gasteiger partial charge in [0.05, 0.1) is 0 Å². The Balaban J connectivity index is 1.90. The third-order valence-corrected chi connectivity index (χ3v) is 4.18. The van der Waals surface area contributed by atoms with Crippen molar-refractivity contribution < 1.29 is 9.53 Å². The molecule has 1 saturated carbocycles. The van der Waals surface area contributed by atoms with Crippen LogP contribution in [-0.4, -0.2) is 23.8 Å². The third-order valence-electron chi connectivity index (χ3n) is 4.18. The predicted octanol–water partition coefficient (Wildman–Crippen LogP) is 4.47. The van der Waals surface area contributed by atoms with Crippen LogP contribution in [0.25, 0.3) is 0 Å². The molecule has 1 aliphatic carbocycles. The Hall–Kier alpha value is -1.71. The van der Waals surface area contributed by atoms with E-state index in [1.807, 2.05) is 20.8 Å². The zero-order valence-corrected chi connectivity index (χ0v) is 15.2. The summed E-state index contributed by atoms with van der Waals surface area (Å²) in [6.45, 7) is 12.1. The van der Waals surface area contributed by atoms with Gasteiger partial charge in [-0.05, 0) is 71.9 Å². The lowest BCUT2D eigenvalue weighted by molar-refractivity contribution is 0.0505. The summed E-state index contributed by atoms with van der Waals surface area (Å²) in [5, 5.41) is 6.65. The number of hydrogen-bond donors (Lipinski definition) is 2. The molecule has 0 bridgehead atoms. The predicted molar refractivity (Wildman–Crippen MR) is 95.1 cm³/mol. The van der Waals surface area contributed by atoms with Gasteiger partial charge < -0.3 is 15.4 Å². The zero-order chi connectivity index (χ0) is 17.2. The maximum Gasteiger partial charge on any atom is 0.407 e. The Kier molecular flexibility index (Phi) is 5.23. The van der Waals surface area contributed by atoms with Crippen LogP contribution in [0.1, 0.15) is 56.7 Å². The van der Waals surface area contributed by atoms with Gasteiger partial charge in [-0.3, -0.25) is 0 Å². The summed E-state index contributed by atoms with van der Waals surface area (Å²) in [5.74, 6) is 0. The molecular weight excluding hydrogens is 288 g/mol. The maximum absolute atomic E-state index is 11.9. The van der Waals surface area contributed by atoms with E-state index in [-0.39, 0.29) is 12.1 Å². The molecule has 1 aromatic carbocycles. The van der Waals surface area contributed by atoms with Gasteiger partial charge in [-0.2, -0.15) is 0 Å². The molecule has 0 spiro atoms. The molecular formula is C19H30N2O2. The summed E-state index contributed by atoms with van der Waals surface area (Å²) in [6, 6.07) is 5.00. The largest absolute Gasteiger partial charge is 0.444 e. The molecule has 1 amide bonds. The fourth-order valence-electron chi connectivity index (χ4n) is 3.33. The summed E-state index contributed by atoms with van der Waals surface area (Å²) < 4.78 is 5.33. The minimum Gasteiger partial charge on any atom is -0.444 e. The molecule has 1 aliphatic rings. The highest BCUT2D eigenvalue weighted by atomic mass is 16.6. The first-order valence-electron chi connectivity index (χ1n) is 8.48. The fraction of sp³-hybridized carbons (Fsp3) is 0.632. The lowest BCUT2D eigenvalue weighted by Crippen LogP contribution is -2.38. The van der Waals surface area contributed by atoms with Crippen LogP contribution in [0.2, 0.25) is 0 Å². The number of rotatable bonds is 3. The second kappa shape index (κ2) is 6.81. The van der Waals surface area contributed by atoms with E-state index >= 15 is 0 Å². The molecule has 4 nitrogen and oxygen atoms in total. The Morgan fingerprint density at radius 1 is 1.09 bits per heavy atom. The fourth-order valence-corrected chi connectivity index (χ4v) is 3.33. The van der Waals surface area contributed by atoms with Gasteiger partial charge in [-0.15, -0.1) is 0 Å². The van der Waals surface area contributed by atoms with Crippen molar-refractivity contribution in [2.24, 2.45) is 0 Å². The molecule has 0 saturated heterocycles. The molecule has 0 aromatic heterocycles. The van der Waals surface area contributed by atoms with Gasteiger partial charge in [-0.25, -0.2) is 4.79 Å². The molecule has 128 valence electrons. The quantitative estimate of drug-likeness (QED) is 0.864. The van der Waals surface area contributed by atoms with Crippen LogP contribution in [0.3, 0.4) is 0 Å². The standard InChI is InChI=1S/C19H30N2O2/c1-12-9-13(2)17(14(3)10-12)20-15-7-8-16(11-15)21-18(22)23-19(4,5)6/h9-10,15-16,20H,7-8,11H2,1-6H3,(H,21,22). The number of amides is 1. The summed E-state index contributed by atoms with van der Waals surface area (Å²) >= 11 is 0. The number of benzene rings is 1. The number of aryl methyl sites for hydroxylation is 3. The van der Waals surface area contributed by atoms with Gasteiger partial charge in [0.25, 0.3) is 0 Å². The van der Waals surface area contributed by atoms with Crippen LogP contribution in [0.4, 0.5) is 10.5 Å². The minimum atomic E-state index is -0.448. The highest BCUT2D eigenvalue weighted by molar-refractivity contribution is 5.68. The lowest BCUT2D eigenvalue weighted by atomic mass is 10.0. The van der Waals surface area contributed by atoms with Gasteiger partial charge in [0.1, 0.15) is 5.60 Å². The Morgan fingerprint density at radius 3 is 2.22 bits per heavy atom. The molecule has 2 atom stereocenters. The van der Waals surface area contributed by atoms with E-state index in [2.05, 4.69) is 43.5 Å². The van der Waals surface area contributed by atoms with E-state index < -0.39 is 5.60 Å². The van der Waals surface area contributed by atoms with Crippen molar-refractivity contribution in [3.63, 3.8) is 0 Å². The van der Waals surface area contributed by atoms with Crippen LogP contribution in [0.5, 0.6) is 0 Å². The van der Waals surface area contributed by atoms with Gasteiger partial charge in [0, 0.05) is 17.8 Å². The van der Waals surface area contributed by atoms with Crippen LogP contribution >= 0.6 is 0 Å². The van der Waals surface area contributed by atoms with Crippen molar-refractivity contribution in [2.45, 2.75) is 78.5 Å². The van der Waals surface area contributed by atoms with E-state index in [4.69, 9.17) is 4.74 Å². The number of ether oxygens (including phenoxy) is 1. The van der Waals surface area contributed by atoms with Gasteiger partial charge in [0.15, 0.2) is 0 Å². The topological polar surface area (TPSA) is 50.4 Å². The number of nitrogens with one attached hydrogen (secondary N) is 2. The smallest absolute Gasteiger partial charge is 0.407 e. The monoisotopic (exact) mass is 318 g/mol. The summed E-state index contributed by atoms with van der Waals surface area (Å²) in [7, 11) is 0. The van der Waals surface area contributed by atoms with E-state index in [0.29, 0.717) is 6.04 Å². The van der Waals surface area contributed by atoms with E-state index in [9.17, 15) is 4.79 Å². The average Bonchev–Trinajstić information content (AvgIpc) is 2.78. The average molecular weight is 318 g/mol. The number of carbonyl (C=O) groups is 1. The van der Waals surface area contributed by atoms with E-state index in [0.717, 1.165) is 19.3 Å². The first kappa shape index (κ1) is 17.6. The number of anilines is 1. The molecule has 2 N–H and O–H groups in total. The van der Waals surface area contributed by atoms with Gasteiger partial charge in [-0.1, -0.05) is 17.7 Å². The van der Waals surface area contributed by atoms with Crippen molar-refractivity contribution in [1.82, 2.24) is 5.32 Å². The van der Waals surface area contributed by atoms with Crippen molar-refractivity contribution in [2.75, 3.05) is 5.32 Å². The molecule has 0 radical (unpaired) electrons. The van der Waals surface area contributed by atoms with Gasteiger partial charge >= 0.3 is 6.09 Å². The molecule has 2 unspecified atom stereocenters. The van der Waals surface area contributed by atoms with Crippen LogP contribution in [0, 0.1) is 20.8 Å². The van der Waals surface area contributed by atoms with Gasteiger partial charge in [0.2, 0.25) is 0 Å². The first-order valence-corrected chi connectivity index (χ1v) is 8.48. The Bertz CT molecular complexity index is 552. The second-order valence-corrected chi connectivity index (χ2v) is 7.77. The van der Waals surface area contributed by atoms with Crippen molar-refractivity contribution in [1.29, 1.82) is 0 Å². The molecule has 0 heterocycles. The minimum absolute atomic E-state index is 0.188. The van der Waals surface area contributed by atoms with Crippen molar-refractivity contribution >= 4 is 11.8 Å². The Morgan fingerprint density at radius 2 is 1.65 bits per heavy atom. The highest BCUT2D eigenvalue weighted by Crippen LogP contribution is 2.28. The number of hydrogen-bond acceptors (Lipinski definition) is 3. The number of alkyl carbamates (subject to hydrolysis) is 1. The van der Waals surface area contributed by atoms with E-state index in [1.54, 1.807) is 0 Å². The Labute approximate surface area is 140 Å². The van der Waals surface area contributed by atoms with Crippen LogP contribution in [0.15, 0.2) is 12.1 Å². The second-order valence-electron chi connectivity index (χ2n) is 7.77. The van der Waals surface area contributed by atoms with Crippen molar-refractivity contribution in [3.8, 4) is 0 Å². The number of carbonyl (C=O) groups excluding carboxylic acids is 1. The summed E-state index contributed by atoms with van der Waals surface area (Å²) in [6.07, 6.45) is 2.67. The normalized spacial score (nSPS) is 21.1. The molecule has 1 aromatic rings.